The number of hydrogen-bond donors (Lipinski definition) is 1. The van der Waals surface area contributed by atoms with Crippen molar-refractivity contribution < 1.29 is 17.9 Å². The van der Waals surface area contributed by atoms with Gasteiger partial charge in [-0.2, -0.15) is 13.2 Å². The summed E-state index contributed by atoms with van der Waals surface area (Å²) in [5, 5.41) is 2.78. The smallest absolute Gasteiger partial charge is 0.372 e. The van der Waals surface area contributed by atoms with Crippen LogP contribution in [0.2, 0.25) is 0 Å². The lowest BCUT2D eigenvalue weighted by Crippen LogP contribution is -2.45. The number of ether oxygens (including phenoxy) is 1. The Bertz CT molecular complexity index is 480. The van der Waals surface area contributed by atoms with Crippen molar-refractivity contribution in [2.75, 3.05) is 25.0 Å². The van der Waals surface area contributed by atoms with Crippen LogP contribution in [0.4, 0.5) is 18.9 Å². The second kappa shape index (κ2) is 6.23. The summed E-state index contributed by atoms with van der Waals surface area (Å²) in [5.74, 6) is 0. The van der Waals surface area contributed by atoms with Gasteiger partial charge < -0.3 is 15.0 Å². The molecule has 118 valence electrons. The first-order valence-corrected chi connectivity index (χ1v) is 7.06. The van der Waals surface area contributed by atoms with Crippen molar-refractivity contribution in [3.05, 3.63) is 29.3 Å². The first-order valence-electron chi connectivity index (χ1n) is 7.06. The van der Waals surface area contributed by atoms with E-state index in [0.717, 1.165) is 0 Å². The molecule has 2 rings (SSSR count). The van der Waals surface area contributed by atoms with E-state index in [0.29, 0.717) is 18.8 Å². The molecule has 1 aromatic rings. The Labute approximate surface area is 123 Å². The van der Waals surface area contributed by atoms with Crippen molar-refractivity contribution in [2.24, 2.45) is 0 Å². The maximum absolute atomic E-state index is 13.2. The second-order valence-corrected chi connectivity index (χ2v) is 5.53. The number of halogens is 3. The Kier molecular flexibility index (Phi) is 4.78. The molecular weight excluding hydrogens is 281 g/mol. The lowest BCUT2D eigenvalue weighted by atomic mass is 10.0. The van der Waals surface area contributed by atoms with Gasteiger partial charge in [0.2, 0.25) is 0 Å². The lowest BCUT2D eigenvalue weighted by molar-refractivity contribution is -0.138. The maximum atomic E-state index is 13.2. The average molecular weight is 302 g/mol. The monoisotopic (exact) mass is 302 g/mol. The van der Waals surface area contributed by atoms with Gasteiger partial charge in [-0.15, -0.1) is 0 Å². The molecule has 0 amide bonds. The molecule has 3 nitrogen and oxygen atoms in total. The van der Waals surface area contributed by atoms with Gasteiger partial charge in [-0.25, -0.2) is 0 Å². The fraction of sp³-hybridized carbons (Fsp3) is 0.600. The molecule has 21 heavy (non-hydrogen) atoms. The molecule has 0 radical (unpaired) electrons. The van der Waals surface area contributed by atoms with E-state index in [1.807, 2.05) is 18.7 Å². The Balaban J connectivity index is 2.33. The summed E-state index contributed by atoms with van der Waals surface area (Å²) >= 11 is 0. The summed E-state index contributed by atoms with van der Waals surface area (Å²) in [6.07, 6.45) is -4.31. The molecule has 0 saturated carbocycles. The van der Waals surface area contributed by atoms with Crippen molar-refractivity contribution in [3.8, 4) is 0 Å². The van der Waals surface area contributed by atoms with Crippen LogP contribution in [0.3, 0.4) is 0 Å². The molecule has 0 spiro atoms. The Hall–Kier alpha value is -1.27. The topological polar surface area (TPSA) is 24.5 Å². The van der Waals surface area contributed by atoms with Crippen LogP contribution in [0.5, 0.6) is 0 Å². The zero-order valence-electron chi connectivity index (χ0n) is 12.5. The highest BCUT2D eigenvalue weighted by Crippen LogP contribution is 2.35. The van der Waals surface area contributed by atoms with Crippen LogP contribution in [0, 0.1) is 0 Å². The SMILES string of the molecule is CNCc1ccc(N2CC(C)OC(C)C2)cc1C(F)(F)F. The van der Waals surface area contributed by atoms with Crippen LogP contribution in [-0.4, -0.2) is 32.3 Å². The minimum atomic E-state index is -4.34. The number of morpholine rings is 1. The average Bonchev–Trinajstić information content (AvgIpc) is 2.37. The van der Waals surface area contributed by atoms with Gasteiger partial charge in [-0.05, 0) is 38.6 Å². The van der Waals surface area contributed by atoms with Crippen molar-refractivity contribution >= 4 is 5.69 Å². The summed E-state index contributed by atoms with van der Waals surface area (Å²) in [7, 11) is 1.64. The number of rotatable bonds is 3. The normalized spacial score (nSPS) is 23.4. The second-order valence-electron chi connectivity index (χ2n) is 5.53. The van der Waals surface area contributed by atoms with Crippen LogP contribution in [0.15, 0.2) is 18.2 Å². The van der Waals surface area contributed by atoms with Crippen molar-refractivity contribution in [3.63, 3.8) is 0 Å². The number of nitrogens with zero attached hydrogens (tertiary/aromatic N) is 1. The molecule has 2 atom stereocenters. The number of hydrogen-bond acceptors (Lipinski definition) is 3. The van der Waals surface area contributed by atoms with Gasteiger partial charge >= 0.3 is 6.18 Å². The van der Waals surface area contributed by atoms with Gasteiger partial charge in [0.05, 0.1) is 17.8 Å². The van der Waals surface area contributed by atoms with E-state index in [1.165, 1.54) is 6.07 Å². The van der Waals surface area contributed by atoms with Crippen LogP contribution >= 0.6 is 0 Å². The molecule has 1 aliphatic heterocycles. The van der Waals surface area contributed by atoms with Crippen molar-refractivity contribution in [1.29, 1.82) is 0 Å². The maximum Gasteiger partial charge on any atom is 0.416 e. The molecule has 1 aromatic carbocycles. The Morgan fingerprint density at radius 1 is 1.24 bits per heavy atom. The van der Waals surface area contributed by atoms with Gasteiger partial charge in [-0.3, -0.25) is 0 Å². The predicted molar refractivity (Wildman–Crippen MR) is 76.4 cm³/mol. The van der Waals surface area contributed by atoms with E-state index < -0.39 is 11.7 Å². The molecule has 1 fully saturated rings. The molecule has 1 N–H and O–H groups in total. The van der Waals surface area contributed by atoms with E-state index in [1.54, 1.807) is 19.2 Å². The molecule has 0 aliphatic carbocycles. The summed E-state index contributed by atoms with van der Waals surface area (Å²) in [4.78, 5) is 1.96. The van der Waals surface area contributed by atoms with Gasteiger partial charge in [0.25, 0.3) is 0 Å². The zero-order chi connectivity index (χ0) is 15.6. The number of alkyl halides is 3. The molecule has 1 heterocycles. The van der Waals surface area contributed by atoms with E-state index >= 15 is 0 Å². The highest BCUT2D eigenvalue weighted by atomic mass is 19.4. The Morgan fingerprint density at radius 3 is 2.38 bits per heavy atom. The summed E-state index contributed by atoms with van der Waals surface area (Å²) < 4.78 is 45.2. The highest BCUT2D eigenvalue weighted by Gasteiger charge is 2.34. The van der Waals surface area contributed by atoms with E-state index in [2.05, 4.69) is 5.32 Å². The van der Waals surface area contributed by atoms with Gasteiger partial charge in [0.15, 0.2) is 0 Å². The first-order chi connectivity index (χ1) is 9.81. The third-order valence-electron chi connectivity index (χ3n) is 3.55. The molecule has 1 saturated heterocycles. The largest absolute Gasteiger partial charge is 0.416 e. The van der Waals surface area contributed by atoms with Crippen molar-refractivity contribution in [1.82, 2.24) is 5.32 Å². The molecule has 6 heteroatoms. The van der Waals surface area contributed by atoms with Crippen molar-refractivity contribution in [2.45, 2.75) is 38.8 Å². The third kappa shape index (κ3) is 3.89. The van der Waals surface area contributed by atoms with Crippen LogP contribution in [-0.2, 0) is 17.5 Å². The number of anilines is 1. The zero-order valence-corrected chi connectivity index (χ0v) is 12.5. The minimum absolute atomic E-state index is 0.0140. The number of benzene rings is 1. The van der Waals surface area contributed by atoms with E-state index in [-0.39, 0.29) is 24.3 Å². The quantitative estimate of drug-likeness (QED) is 0.929. The van der Waals surface area contributed by atoms with Crippen LogP contribution in [0.1, 0.15) is 25.0 Å². The van der Waals surface area contributed by atoms with Crippen LogP contribution < -0.4 is 10.2 Å². The summed E-state index contributed by atoms with van der Waals surface area (Å²) in [6.45, 7) is 5.27. The Morgan fingerprint density at radius 2 is 1.86 bits per heavy atom. The highest BCUT2D eigenvalue weighted by molar-refractivity contribution is 5.52. The standard InChI is InChI=1S/C15H21F3N2O/c1-10-8-20(9-11(2)21-10)13-5-4-12(7-19-3)14(6-13)15(16,17)18/h4-6,10-11,19H,7-9H2,1-3H3. The van der Waals surface area contributed by atoms with Crippen LogP contribution in [0.25, 0.3) is 0 Å². The minimum Gasteiger partial charge on any atom is -0.372 e. The van der Waals surface area contributed by atoms with E-state index in [4.69, 9.17) is 4.74 Å². The lowest BCUT2D eigenvalue weighted by Gasteiger charge is -2.37. The first kappa shape index (κ1) is 16.1. The molecule has 0 aromatic heterocycles. The number of nitrogens with one attached hydrogen (secondary N) is 1. The van der Waals surface area contributed by atoms with Gasteiger partial charge in [-0.1, -0.05) is 6.07 Å². The van der Waals surface area contributed by atoms with Gasteiger partial charge in [0.1, 0.15) is 0 Å². The molecule has 2 unspecified atom stereocenters. The summed E-state index contributed by atoms with van der Waals surface area (Å²) in [6, 6.07) is 4.56. The fourth-order valence-corrected chi connectivity index (χ4v) is 2.76. The fourth-order valence-electron chi connectivity index (χ4n) is 2.76. The van der Waals surface area contributed by atoms with Gasteiger partial charge in [0, 0.05) is 25.3 Å². The molecule has 1 aliphatic rings. The van der Waals surface area contributed by atoms with E-state index in [9.17, 15) is 13.2 Å². The predicted octanol–water partition coefficient (Wildman–Crippen LogP) is 3.04. The molecular formula is C15H21F3N2O. The molecule has 0 bridgehead atoms. The third-order valence-corrected chi connectivity index (χ3v) is 3.55. The summed E-state index contributed by atoms with van der Waals surface area (Å²) in [5.41, 5.74) is 0.299.